The number of nitrogens with zero attached hydrogens (tertiary/aromatic N) is 5. The van der Waals surface area contributed by atoms with Crippen LogP contribution in [0.2, 0.25) is 0 Å². The van der Waals surface area contributed by atoms with Gasteiger partial charge in [-0.1, -0.05) is 18.2 Å². The van der Waals surface area contributed by atoms with Gasteiger partial charge in [-0.05, 0) is 18.2 Å². The van der Waals surface area contributed by atoms with Crippen LogP contribution in [0.3, 0.4) is 0 Å². The fraction of sp³-hybridized carbons (Fsp3) is 0.167. The van der Waals surface area contributed by atoms with Crippen LogP contribution < -0.4 is 15.4 Å². The van der Waals surface area contributed by atoms with Crippen molar-refractivity contribution in [2.45, 2.75) is 13.1 Å². The molecule has 3 aromatic heterocycles. The lowest BCUT2D eigenvalue weighted by Gasteiger charge is -2.05. The maximum atomic E-state index is 12.1. The minimum Gasteiger partial charge on any atom is -0.480 e. The minimum absolute atomic E-state index is 0.154. The van der Waals surface area contributed by atoms with Gasteiger partial charge in [-0.15, -0.1) is 15.3 Å². The van der Waals surface area contributed by atoms with E-state index in [1.165, 1.54) is 17.9 Å². The molecule has 3 heterocycles. The van der Waals surface area contributed by atoms with Crippen LogP contribution in [0.1, 0.15) is 11.5 Å². The fourth-order valence-electron chi connectivity index (χ4n) is 2.53. The van der Waals surface area contributed by atoms with Crippen LogP contribution in [-0.4, -0.2) is 37.9 Å². The number of ether oxygens (including phenoxy) is 1. The van der Waals surface area contributed by atoms with E-state index in [0.29, 0.717) is 28.9 Å². The summed E-state index contributed by atoms with van der Waals surface area (Å²) in [7, 11) is 1.52. The van der Waals surface area contributed by atoms with Gasteiger partial charge in [-0.3, -0.25) is 0 Å². The molecule has 0 saturated heterocycles. The quantitative estimate of drug-likeness (QED) is 0.524. The summed E-state index contributed by atoms with van der Waals surface area (Å²) in [5, 5.41) is 17.7. The monoisotopic (exact) mass is 379 g/mol. The molecule has 4 aromatic rings. The normalized spacial score (nSPS) is 10.8. The van der Waals surface area contributed by atoms with Crippen molar-refractivity contribution >= 4 is 11.7 Å². The van der Waals surface area contributed by atoms with Crippen LogP contribution in [0.15, 0.2) is 53.1 Å². The zero-order valence-electron chi connectivity index (χ0n) is 15.0. The highest BCUT2D eigenvalue weighted by atomic mass is 16.5. The van der Waals surface area contributed by atoms with Gasteiger partial charge in [0.2, 0.25) is 11.8 Å². The van der Waals surface area contributed by atoms with Gasteiger partial charge in [-0.2, -0.15) is 4.52 Å². The summed E-state index contributed by atoms with van der Waals surface area (Å²) in [6.07, 6.45) is 1.52. The number of carbonyl (C=O) groups is 1. The Hall–Kier alpha value is -3.95. The molecule has 0 aliphatic carbocycles. The number of benzene rings is 1. The summed E-state index contributed by atoms with van der Waals surface area (Å²) in [6, 6.07) is 12.6. The molecule has 28 heavy (non-hydrogen) atoms. The molecule has 0 unspecified atom stereocenters. The van der Waals surface area contributed by atoms with E-state index in [1.54, 1.807) is 12.1 Å². The zero-order valence-corrected chi connectivity index (χ0v) is 15.0. The first-order valence-corrected chi connectivity index (χ1v) is 8.50. The summed E-state index contributed by atoms with van der Waals surface area (Å²) in [4.78, 5) is 16.4. The van der Waals surface area contributed by atoms with E-state index in [2.05, 4.69) is 30.9 Å². The van der Waals surface area contributed by atoms with Crippen LogP contribution >= 0.6 is 0 Å². The standard InChI is InChI=1S/C18H17N7O3/c1-27-16-8-7-14-22-23-15(25(14)24-16)10-20-18(26)19-9-13-11-28-17(21-13)12-5-3-2-4-6-12/h2-8,11H,9-10H2,1H3,(H2,19,20,26). The maximum absolute atomic E-state index is 12.1. The van der Waals surface area contributed by atoms with E-state index in [0.717, 1.165) is 5.56 Å². The third-order valence-electron chi connectivity index (χ3n) is 3.92. The van der Waals surface area contributed by atoms with Gasteiger partial charge < -0.3 is 19.8 Å². The Morgan fingerprint density at radius 2 is 1.93 bits per heavy atom. The molecule has 1 aromatic carbocycles. The van der Waals surface area contributed by atoms with E-state index in [9.17, 15) is 4.79 Å². The molecule has 0 aliphatic heterocycles. The molecule has 10 heteroatoms. The Labute approximate surface area is 159 Å². The molecule has 0 saturated carbocycles. The number of nitrogens with one attached hydrogen (secondary N) is 2. The van der Waals surface area contributed by atoms with Gasteiger partial charge >= 0.3 is 6.03 Å². The Morgan fingerprint density at radius 1 is 1.11 bits per heavy atom. The maximum Gasteiger partial charge on any atom is 0.315 e. The Kier molecular flexibility index (Phi) is 4.83. The zero-order chi connectivity index (χ0) is 19.3. The van der Waals surface area contributed by atoms with Gasteiger partial charge in [0.25, 0.3) is 0 Å². The number of amides is 2. The van der Waals surface area contributed by atoms with E-state index in [1.807, 2.05) is 30.3 Å². The van der Waals surface area contributed by atoms with Crippen molar-refractivity contribution in [3.63, 3.8) is 0 Å². The highest BCUT2D eigenvalue weighted by Crippen LogP contribution is 2.17. The average molecular weight is 379 g/mol. The molecule has 0 aliphatic rings. The Morgan fingerprint density at radius 3 is 2.75 bits per heavy atom. The van der Waals surface area contributed by atoms with Gasteiger partial charge in [0, 0.05) is 11.6 Å². The highest BCUT2D eigenvalue weighted by Gasteiger charge is 2.11. The lowest BCUT2D eigenvalue weighted by atomic mass is 10.2. The second-order valence-corrected chi connectivity index (χ2v) is 5.81. The minimum atomic E-state index is -0.371. The number of fused-ring (bicyclic) bond motifs is 1. The summed E-state index contributed by atoms with van der Waals surface area (Å²) in [6.45, 7) is 0.385. The van der Waals surface area contributed by atoms with E-state index >= 15 is 0 Å². The number of rotatable bonds is 6. The van der Waals surface area contributed by atoms with E-state index < -0.39 is 0 Å². The van der Waals surface area contributed by atoms with Crippen LogP contribution in [-0.2, 0) is 13.1 Å². The number of aromatic nitrogens is 5. The number of urea groups is 1. The number of methoxy groups -OCH3 is 1. The van der Waals surface area contributed by atoms with Crippen LogP contribution in [0.4, 0.5) is 4.79 Å². The van der Waals surface area contributed by atoms with Crippen LogP contribution in [0, 0.1) is 0 Å². The molecule has 0 bridgehead atoms. The lowest BCUT2D eigenvalue weighted by Crippen LogP contribution is -2.35. The molecule has 142 valence electrons. The van der Waals surface area contributed by atoms with Crippen molar-refractivity contribution in [3.05, 3.63) is 60.2 Å². The second-order valence-electron chi connectivity index (χ2n) is 5.81. The number of hydrogen-bond acceptors (Lipinski definition) is 7. The number of carbonyl (C=O) groups excluding carboxylic acids is 1. The van der Waals surface area contributed by atoms with Gasteiger partial charge in [0.15, 0.2) is 11.5 Å². The predicted molar refractivity (Wildman–Crippen MR) is 98.3 cm³/mol. The first kappa shape index (κ1) is 17.5. The van der Waals surface area contributed by atoms with Crippen molar-refractivity contribution in [3.8, 4) is 17.3 Å². The van der Waals surface area contributed by atoms with E-state index in [-0.39, 0.29) is 19.1 Å². The van der Waals surface area contributed by atoms with Crippen molar-refractivity contribution in [1.82, 2.24) is 35.4 Å². The van der Waals surface area contributed by atoms with Gasteiger partial charge in [-0.25, -0.2) is 9.78 Å². The molecule has 0 spiro atoms. The third kappa shape index (κ3) is 3.75. The topological polar surface area (TPSA) is 119 Å². The van der Waals surface area contributed by atoms with Crippen LogP contribution in [0.5, 0.6) is 5.88 Å². The third-order valence-corrected chi connectivity index (χ3v) is 3.92. The molecule has 0 radical (unpaired) electrons. The predicted octanol–water partition coefficient (Wildman–Crippen LogP) is 1.79. The Balaban J connectivity index is 1.32. The smallest absolute Gasteiger partial charge is 0.315 e. The van der Waals surface area contributed by atoms with Crippen LogP contribution in [0.25, 0.3) is 17.1 Å². The average Bonchev–Trinajstić information content (AvgIpc) is 3.38. The van der Waals surface area contributed by atoms with Crippen molar-refractivity contribution < 1.29 is 13.9 Å². The van der Waals surface area contributed by atoms with Gasteiger partial charge in [0.1, 0.15) is 6.26 Å². The van der Waals surface area contributed by atoms with Gasteiger partial charge in [0.05, 0.1) is 25.9 Å². The molecular formula is C18H17N7O3. The Bertz CT molecular complexity index is 1090. The first-order valence-electron chi connectivity index (χ1n) is 8.50. The van der Waals surface area contributed by atoms with Crippen molar-refractivity contribution in [1.29, 1.82) is 0 Å². The summed E-state index contributed by atoms with van der Waals surface area (Å²) >= 11 is 0. The van der Waals surface area contributed by atoms with E-state index in [4.69, 9.17) is 9.15 Å². The fourth-order valence-corrected chi connectivity index (χ4v) is 2.53. The SMILES string of the molecule is COc1ccc2nnc(CNC(=O)NCc3coc(-c4ccccc4)n3)n2n1. The molecular weight excluding hydrogens is 362 g/mol. The van der Waals surface area contributed by atoms with Crippen molar-refractivity contribution in [2.24, 2.45) is 0 Å². The number of hydrogen-bond donors (Lipinski definition) is 2. The number of oxazole rings is 1. The largest absolute Gasteiger partial charge is 0.480 e. The molecule has 10 nitrogen and oxygen atoms in total. The second kappa shape index (κ2) is 7.74. The molecule has 0 fully saturated rings. The first-order chi connectivity index (χ1) is 13.7. The summed E-state index contributed by atoms with van der Waals surface area (Å²) in [5.41, 5.74) is 2.06. The summed E-state index contributed by atoms with van der Waals surface area (Å²) < 4.78 is 12.1. The highest BCUT2D eigenvalue weighted by molar-refractivity contribution is 5.73. The lowest BCUT2D eigenvalue weighted by molar-refractivity contribution is 0.239. The van der Waals surface area contributed by atoms with Crippen molar-refractivity contribution in [2.75, 3.05) is 7.11 Å². The summed E-state index contributed by atoms with van der Waals surface area (Å²) in [5.74, 6) is 1.42. The molecule has 4 rings (SSSR count). The molecule has 2 N–H and O–H groups in total. The molecule has 2 amide bonds. The molecule has 0 atom stereocenters.